The van der Waals surface area contributed by atoms with Crippen LogP contribution in [0.2, 0.25) is 0 Å². The highest BCUT2D eigenvalue weighted by Gasteiger charge is 2.39. The molecule has 30 heavy (non-hydrogen) atoms. The molecule has 1 aliphatic rings. The van der Waals surface area contributed by atoms with E-state index in [0.717, 1.165) is 11.0 Å². The maximum atomic E-state index is 12.7. The number of hydrogen-bond donors (Lipinski definition) is 1. The number of halogens is 3. The lowest BCUT2D eigenvalue weighted by Gasteiger charge is -2.23. The fraction of sp³-hybridized carbons (Fsp3) is 0.200. The minimum Gasteiger partial charge on any atom is -0.340 e. The predicted molar refractivity (Wildman–Crippen MR) is 100 cm³/mol. The summed E-state index contributed by atoms with van der Waals surface area (Å²) in [6, 6.07) is 13.8. The third-order valence-electron chi connectivity index (χ3n) is 5.01. The van der Waals surface area contributed by atoms with Gasteiger partial charge in [0.25, 0.3) is 0 Å². The van der Waals surface area contributed by atoms with Crippen LogP contribution in [0.5, 0.6) is 0 Å². The van der Waals surface area contributed by atoms with Crippen molar-refractivity contribution in [1.82, 2.24) is 20.1 Å². The summed E-state index contributed by atoms with van der Waals surface area (Å²) in [7, 11) is 0. The zero-order valence-electron chi connectivity index (χ0n) is 15.3. The molecule has 10 heteroatoms. The van der Waals surface area contributed by atoms with E-state index in [-0.39, 0.29) is 17.8 Å². The van der Waals surface area contributed by atoms with Crippen LogP contribution in [0.4, 0.5) is 18.9 Å². The van der Waals surface area contributed by atoms with Gasteiger partial charge in [-0.25, -0.2) is 4.98 Å². The van der Waals surface area contributed by atoms with E-state index in [0.29, 0.717) is 29.9 Å². The summed E-state index contributed by atoms with van der Waals surface area (Å²) in [6.45, 7) is 0. The molecule has 0 unspecified atom stereocenters. The molecule has 1 aliphatic heterocycles. The first-order valence-electron chi connectivity index (χ1n) is 9.18. The van der Waals surface area contributed by atoms with Crippen LogP contribution < -0.4 is 4.90 Å². The fourth-order valence-electron chi connectivity index (χ4n) is 3.62. The van der Waals surface area contributed by atoms with Crippen LogP contribution in [0.1, 0.15) is 30.6 Å². The van der Waals surface area contributed by atoms with E-state index in [2.05, 4.69) is 24.6 Å². The quantitative estimate of drug-likeness (QED) is 0.534. The van der Waals surface area contributed by atoms with Crippen LogP contribution >= 0.6 is 0 Å². The summed E-state index contributed by atoms with van der Waals surface area (Å²) in [6.07, 6.45) is -3.71. The van der Waals surface area contributed by atoms with E-state index < -0.39 is 12.1 Å². The van der Waals surface area contributed by atoms with Gasteiger partial charge < -0.3 is 14.4 Å². The summed E-state index contributed by atoms with van der Waals surface area (Å²) >= 11 is 0. The van der Waals surface area contributed by atoms with Crippen molar-refractivity contribution in [2.75, 3.05) is 4.90 Å². The Morgan fingerprint density at radius 1 is 1.07 bits per heavy atom. The van der Waals surface area contributed by atoms with Gasteiger partial charge in [0.1, 0.15) is 5.82 Å². The number of benzene rings is 2. The Balaban J connectivity index is 1.45. The molecule has 0 spiro atoms. The highest BCUT2D eigenvalue weighted by Crippen LogP contribution is 2.37. The maximum Gasteiger partial charge on any atom is 0.471 e. The molecule has 0 radical (unpaired) electrons. The fourth-order valence-corrected chi connectivity index (χ4v) is 3.62. The molecule has 0 bridgehead atoms. The molecule has 4 aromatic rings. The number of aromatic amines is 1. The molecule has 1 amide bonds. The lowest BCUT2D eigenvalue weighted by atomic mass is 10.1. The van der Waals surface area contributed by atoms with Gasteiger partial charge in [0, 0.05) is 17.7 Å². The number of para-hydroxylation sites is 2. The van der Waals surface area contributed by atoms with Crippen molar-refractivity contribution >= 4 is 22.6 Å². The van der Waals surface area contributed by atoms with Crippen molar-refractivity contribution in [1.29, 1.82) is 0 Å². The summed E-state index contributed by atoms with van der Waals surface area (Å²) in [5, 5.41) is 3.38. The second-order valence-electron chi connectivity index (χ2n) is 6.93. The number of rotatable bonds is 3. The number of carbonyl (C=O) groups excluding carboxylic acids is 1. The monoisotopic (exact) mass is 413 g/mol. The van der Waals surface area contributed by atoms with Crippen molar-refractivity contribution < 1.29 is 22.5 Å². The number of imidazole rings is 1. The van der Waals surface area contributed by atoms with Crippen LogP contribution in [0, 0.1) is 0 Å². The number of nitrogens with one attached hydrogen (secondary N) is 1. The van der Waals surface area contributed by atoms with Gasteiger partial charge in [-0.2, -0.15) is 18.2 Å². The lowest BCUT2D eigenvalue weighted by Crippen LogP contribution is -2.27. The summed E-state index contributed by atoms with van der Waals surface area (Å²) < 4.78 is 42.3. The standard InChI is InChI=1S/C20H14F3N5O2/c21-20(22,23)19-26-17(27-30-19)11-5-7-12(8-6-11)28-15(9-10-16(28)29)18-24-13-3-1-2-4-14(13)25-18/h1-8,15H,9-10H2,(H,24,25)/t15-/m0/s1. The van der Waals surface area contributed by atoms with Crippen LogP contribution in [0.3, 0.4) is 0 Å². The highest BCUT2D eigenvalue weighted by atomic mass is 19.4. The lowest BCUT2D eigenvalue weighted by molar-refractivity contribution is -0.159. The molecular formula is C20H14F3N5O2. The third-order valence-corrected chi connectivity index (χ3v) is 5.01. The van der Waals surface area contributed by atoms with Gasteiger partial charge in [0.2, 0.25) is 11.7 Å². The molecule has 1 atom stereocenters. The zero-order chi connectivity index (χ0) is 20.9. The molecule has 1 saturated heterocycles. The summed E-state index contributed by atoms with van der Waals surface area (Å²) in [5.74, 6) is -0.928. The van der Waals surface area contributed by atoms with E-state index in [1.54, 1.807) is 29.2 Å². The largest absolute Gasteiger partial charge is 0.471 e. The summed E-state index contributed by atoms with van der Waals surface area (Å²) in [4.78, 5) is 25.5. The van der Waals surface area contributed by atoms with Crippen molar-refractivity contribution in [3.63, 3.8) is 0 Å². The van der Waals surface area contributed by atoms with Crippen LogP contribution in [0.15, 0.2) is 53.1 Å². The summed E-state index contributed by atoms with van der Waals surface area (Å²) in [5.41, 5.74) is 2.68. The van der Waals surface area contributed by atoms with E-state index in [1.807, 2.05) is 24.3 Å². The van der Waals surface area contributed by atoms with E-state index in [4.69, 9.17) is 0 Å². The second kappa shape index (κ2) is 6.68. The van der Waals surface area contributed by atoms with Gasteiger partial charge in [0.15, 0.2) is 0 Å². The maximum absolute atomic E-state index is 12.7. The second-order valence-corrected chi connectivity index (χ2v) is 6.93. The number of fused-ring (bicyclic) bond motifs is 1. The predicted octanol–water partition coefficient (Wildman–Crippen LogP) is 4.50. The zero-order valence-corrected chi connectivity index (χ0v) is 15.3. The molecule has 7 nitrogen and oxygen atoms in total. The first kappa shape index (κ1) is 18.3. The van der Waals surface area contributed by atoms with Crippen LogP contribution in [-0.2, 0) is 11.0 Å². The number of carbonyl (C=O) groups is 1. The van der Waals surface area contributed by atoms with Crippen LogP contribution in [0.25, 0.3) is 22.4 Å². The Morgan fingerprint density at radius 3 is 2.53 bits per heavy atom. The first-order chi connectivity index (χ1) is 14.4. The Labute approximate surface area is 167 Å². The molecule has 2 aromatic carbocycles. The molecule has 2 aromatic heterocycles. The number of nitrogens with zero attached hydrogens (tertiary/aromatic N) is 4. The van der Waals surface area contributed by atoms with Gasteiger partial charge in [-0.15, -0.1) is 0 Å². The Bertz CT molecular complexity index is 1200. The SMILES string of the molecule is O=C1CC[C@@H](c2nc3ccccc3[nH]2)N1c1ccc(-c2noc(C(F)(F)F)n2)cc1. The Hall–Kier alpha value is -3.69. The van der Waals surface area contributed by atoms with Crippen molar-refractivity contribution in [2.45, 2.75) is 25.1 Å². The Kier molecular flexibility index (Phi) is 4.09. The molecule has 1 N–H and O–H groups in total. The van der Waals surface area contributed by atoms with E-state index in [1.165, 1.54) is 0 Å². The topological polar surface area (TPSA) is 87.9 Å². The molecular weight excluding hydrogens is 399 g/mol. The molecule has 1 fully saturated rings. The number of alkyl halides is 3. The minimum atomic E-state index is -4.70. The molecule has 3 heterocycles. The number of anilines is 1. The van der Waals surface area contributed by atoms with E-state index in [9.17, 15) is 18.0 Å². The van der Waals surface area contributed by atoms with Gasteiger partial charge in [0.05, 0.1) is 17.1 Å². The molecule has 0 aliphatic carbocycles. The van der Waals surface area contributed by atoms with Gasteiger partial charge in [-0.1, -0.05) is 17.3 Å². The number of H-pyrrole nitrogens is 1. The highest BCUT2D eigenvalue weighted by molar-refractivity contribution is 5.96. The average Bonchev–Trinajstić information content (AvgIpc) is 3.45. The van der Waals surface area contributed by atoms with Crippen molar-refractivity contribution in [2.24, 2.45) is 0 Å². The minimum absolute atomic E-state index is 0.0490. The Morgan fingerprint density at radius 2 is 1.83 bits per heavy atom. The van der Waals surface area contributed by atoms with Crippen molar-refractivity contribution in [3.05, 3.63) is 60.2 Å². The van der Waals surface area contributed by atoms with Gasteiger partial charge >= 0.3 is 12.1 Å². The normalized spacial score (nSPS) is 17.2. The average molecular weight is 413 g/mol. The van der Waals surface area contributed by atoms with E-state index >= 15 is 0 Å². The van der Waals surface area contributed by atoms with Crippen molar-refractivity contribution in [3.8, 4) is 11.4 Å². The third kappa shape index (κ3) is 3.10. The molecule has 5 rings (SSSR count). The smallest absolute Gasteiger partial charge is 0.340 e. The number of aromatic nitrogens is 4. The number of hydrogen-bond acceptors (Lipinski definition) is 5. The molecule has 152 valence electrons. The van der Waals surface area contributed by atoms with Gasteiger partial charge in [-0.3, -0.25) is 4.79 Å². The van der Waals surface area contributed by atoms with Crippen LogP contribution in [-0.4, -0.2) is 26.0 Å². The first-order valence-corrected chi connectivity index (χ1v) is 9.18. The van der Waals surface area contributed by atoms with Gasteiger partial charge in [-0.05, 0) is 42.8 Å². The molecule has 0 saturated carbocycles. The number of amides is 1.